The number of carbonyl (C=O) groups is 2. The summed E-state index contributed by atoms with van der Waals surface area (Å²) in [6.45, 7) is 2.61. The number of ether oxygens (including phenoxy) is 1. The number of nitrogens with one attached hydrogen (secondary N) is 2. The minimum Gasteiger partial charge on any atom is -0.494 e. The summed E-state index contributed by atoms with van der Waals surface area (Å²) in [5.41, 5.74) is 0.984. The molecule has 126 valence electrons. The third kappa shape index (κ3) is 5.08. The number of halogens is 1. The minimum absolute atomic E-state index is 0.177. The van der Waals surface area contributed by atoms with Crippen LogP contribution < -0.4 is 15.4 Å². The SMILES string of the molecule is CCOc1ccc(NC(=O)C(=O)NCCc2ccccc2F)cc1. The molecule has 0 radical (unpaired) electrons. The summed E-state index contributed by atoms with van der Waals surface area (Å²) in [5.74, 6) is -1.18. The lowest BCUT2D eigenvalue weighted by Crippen LogP contribution is -2.36. The average molecular weight is 330 g/mol. The predicted molar refractivity (Wildman–Crippen MR) is 89.4 cm³/mol. The summed E-state index contributed by atoms with van der Waals surface area (Å²) in [6, 6.07) is 13.0. The van der Waals surface area contributed by atoms with Gasteiger partial charge in [-0.25, -0.2) is 4.39 Å². The quantitative estimate of drug-likeness (QED) is 0.800. The molecule has 5 nitrogen and oxygen atoms in total. The highest BCUT2D eigenvalue weighted by Crippen LogP contribution is 2.15. The van der Waals surface area contributed by atoms with Gasteiger partial charge in [0, 0.05) is 12.2 Å². The van der Waals surface area contributed by atoms with Gasteiger partial charge in [-0.3, -0.25) is 9.59 Å². The molecule has 2 rings (SSSR count). The van der Waals surface area contributed by atoms with Crippen LogP contribution in [0.2, 0.25) is 0 Å². The van der Waals surface area contributed by atoms with E-state index in [-0.39, 0.29) is 12.4 Å². The largest absolute Gasteiger partial charge is 0.494 e. The molecule has 0 fully saturated rings. The van der Waals surface area contributed by atoms with Gasteiger partial charge < -0.3 is 15.4 Å². The average Bonchev–Trinajstić information content (AvgIpc) is 2.58. The lowest BCUT2D eigenvalue weighted by Gasteiger charge is -2.08. The fraction of sp³-hybridized carbons (Fsp3) is 0.222. The molecular weight excluding hydrogens is 311 g/mol. The van der Waals surface area contributed by atoms with Crippen molar-refractivity contribution < 1.29 is 18.7 Å². The van der Waals surface area contributed by atoms with Crippen LogP contribution in [0, 0.1) is 5.82 Å². The van der Waals surface area contributed by atoms with E-state index < -0.39 is 11.8 Å². The Morgan fingerprint density at radius 3 is 2.42 bits per heavy atom. The van der Waals surface area contributed by atoms with Crippen LogP contribution in [0.25, 0.3) is 0 Å². The summed E-state index contributed by atoms with van der Waals surface area (Å²) in [6.07, 6.45) is 0.314. The Morgan fingerprint density at radius 1 is 1.04 bits per heavy atom. The zero-order valence-electron chi connectivity index (χ0n) is 13.3. The molecule has 0 atom stereocenters. The molecule has 0 spiro atoms. The van der Waals surface area contributed by atoms with Crippen LogP contribution in [-0.4, -0.2) is 25.0 Å². The van der Waals surface area contributed by atoms with Gasteiger partial charge in [-0.2, -0.15) is 0 Å². The third-order valence-corrected chi connectivity index (χ3v) is 3.27. The van der Waals surface area contributed by atoms with E-state index in [4.69, 9.17) is 4.74 Å². The van der Waals surface area contributed by atoms with Gasteiger partial charge in [0.05, 0.1) is 6.61 Å². The summed E-state index contributed by atoms with van der Waals surface area (Å²) in [4.78, 5) is 23.6. The first kappa shape index (κ1) is 17.5. The van der Waals surface area contributed by atoms with E-state index in [9.17, 15) is 14.0 Å². The highest BCUT2D eigenvalue weighted by molar-refractivity contribution is 6.39. The fourth-order valence-corrected chi connectivity index (χ4v) is 2.08. The first-order valence-electron chi connectivity index (χ1n) is 7.65. The van der Waals surface area contributed by atoms with E-state index in [1.54, 1.807) is 42.5 Å². The van der Waals surface area contributed by atoms with E-state index in [0.717, 1.165) is 0 Å². The van der Waals surface area contributed by atoms with Crippen LogP contribution in [0.5, 0.6) is 5.75 Å². The van der Waals surface area contributed by atoms with Crippen molar-refractivity contribution in [3.8, 4) is 5.75 Å². The van der Waals surface area contributed by atoms with E-state index >= 15 is 0 Å². The van der Waals surface area contributed by atoms with E-state index in [0.29, 0.717) is 30.0 Å². The molecule has 0 saturated carbocycles. The number of benzene rings is 2. The van der Waals surface area contributed by atoms with Crippen molar-refractivity contribution in [1.29, 1.82) is 0 Å². The Kier molecular flexibility index (Phi) is 6.31. The topological polar surface area (TPSA) is 67.4 Å². The number of anilines is 1. The van der Waals surface area contributed by atoms with Crippen LogP contribution >= 0.6 is 0 Å². The fourth-order valence-electron chi connectivity index (χ4n) is 2.08. The van der Waals surface area contributed by atoms with Crippen LogP contribution in [0.4, 0.5) is 10.1 Å². The Labute approximate surface area is 139 Å². The molecule has 2 N–H and O–H groups in total. The summed E-state index contributed by atoms with van der Waals surface area (Å²) in [5, 5.41) is 4.96. The van der Waals surface area contributed by atoms with Crippen molar-refractivity contribution >= 4 is 17.5 Å². The molecule has 0 saturated heterocycles. The molecule has 0 aliphatic rings. The maximum Gasteiger partial charge on any atom is 0.313 e. The van der Waals surface area contributed by atoms with E-state index in [2.05, 4.69) is 10.6 Å². The van der Waals surface area contributed by atoms with Crippen molar-refractivity contribution in [3.05, 3.63) is 59.9 Å². The molecule has 0 aromatic heterocycles. The van der Waals surface area contributed by atoms with Gasteiger partial charge in [0.25, 0.3) is 0 Å². The number of carbonyl (C=O) groups excluding carboxylic acids is 2. The molecule has 6 heteroatoms. The molecule has 0 aliphatic carbocycles. The molecule has 2 aromatic carbocycles. The second kappa shape index (κ2) is 8.67. The second-order valence-corrected chi connectivity index (χ2v) is 5.01. The van der Waals surface area contributed by atoms with Gasteiger partial charge in [-0.15, -0.1) is 0 Å². The van der Waals surface area contributed by atoms with Gasteiger partial charge in [-0.05, 0) is 49.2 Å². The Hall–Kier alpha value is -2.89. The maximum absolute atomic E-state index is 13.4. The van der Waals surface area contributed by atoms with Crippen molar-refractivity contribution in [3.63, 3.8) is 0 Å². The number of rotatable bonds is 6. The van der Waals surface area contributed by atoms with E-state index in [1.807, 2.05) is 6.92 Å². The summed E-state index contributed by atoms with van der Waals surface area (Å²) < 4.78 is 18.7. The number of hydrogen-bond donors (Lipinski definition) is 2. The molecule has 0 aliphatic heterocycles. The Balaban J connectivity index is 1.79. The van der Waals surface area contributed by atoms with Crippen LogP contribution in [0.1, 0.15) is 12.5 Å². The molecule has 2 amide bonds. The van der Waals surface area contributed by atoms with Gasteiger partial charge in [0.2, 0.25) is 0 Å². The highest BCUT2D eigenvalue weighted by atomic mass is 19.1. The van der Waals surface area contributed by atoms with Gasteiger partial charge >= 0.3 is 11.8 Å². The molecular formula is C18H19FN2O3. The predicted octanol–water partition coefficient (Wildman–Crippen LogP) is 2.52. The Morgan fingerprint density at radius 2 is 1.75 bits per heavy atom. The molecule has 0 heterocycles. The first-order valence-corrected chi connectivity index (χ1v) is 7.65. The standard InChI is InChI=1S/C18H19FN2O3/c1-2-24-15-9-7-14(8-10-15)21-18(23)17(22)20-12-11-13-5-3-4-6-16(13)19/h3-10H,2,11-12H2,1H3,(H,20,22)(H,21,23). The van der Waals surface area contributed by atoms with Crippen molar-refractivity contribution in [1.82, 2.24) is 5.32 Å². The third-order valence-electron chi connectivity index (χ3n) is 3.27. The van der Waals surface area contributed by atoms with Gasteiger partial charge in [0.15, 0.2) is 0 Å². The molecule has 0 unspecified atom stereocenters. The number of amides is 2. The van der Waals surface area contributed by atoms with Crippen molar-refractivity contribution in [2.24, 2.45) is 0 Å². The van der Waals surface area contributed by atoms with Crippen molar-refractivity contribution in [2.75, 3.05) is 18.5 Å². The lowest BCUT2D eigenvalue weighted by atomic mass is 10.1. The van der Waals surface area contributed by atoms with Crippen LogP contribution in [0.3, 0.4) is 0 Å². The number of hydrogen-bond acceptors (Lipinski definition) is 3. The molecule has 24 heavy (non-hydrogen) atoms. The zero-order chi connectivity index (χ0) is 17.4. The Bertz CT molecular complexity index is 702. The normalized spacial score (nSPS) is 10.1. The minimum atomic E-state index is -0.771. The highest BCUT2D eigenvalue weighted by Gasteiger charge is 2.13. The van der Waals surface area contributed by atoms with Crippen molar-refractivity contribution in [2.45, 2.75) is 13.3 Å². The molecule has 2 aromatic rings. The van der Waals surface area contributed by atoms with E-state index in [1.165, 1.54) is 6.07 Å². The second-order valence-electron chi connectivity index (χ2n) is 5.01. The first-order chi connectivity index (χ1) is 11.6. The zero-order valence-corrected chi connectivity index (χ0v) is 13.3. The van der Waals surface area contributed by atoms with Crippen LogP contribution in [0.15, 0.2) is 48.5 Å². The van der Waals surface area contributed by atoms with Gasteiger partial charge in [0.1, 0.15) is 11.6 Å². The maximum atomic E-state index is 13.4. The monoisotopic (exact) mass is 330 g/mol. The smallest absolute Gasteiger partial charge is 0.313 e. The summed E-state index contributed by atoms with van der Waals surface area (Å²) >= 11 is 0. The van der Waals surface area contributed by atoms with Gasteiger partial charge in [-0.1, -0.05) is 18.2 Å². The van der Waals surface area contributed by atoms with Crippen LogP contribution in [-0.2, 0) is 16.0 Å². The molecule has 0 bridgehead atoms. The lowest BCUT2D eigenvalue weighted by molar-refractivity contribution is -0.136. The summed E-state index contributed by atoms with van der Waals surface area (Å²) in [7, 11) is 0.